The number of aryl methyl sites for hydroxylation is 1. The van der Waals surface area contributed by atoms with E-state index in [-0.39, 0.29) is 5.75 Å². The molecule has 0 saturated heterocycles. The molecule has 2 aromatic rings. The molecular weight excluding hydrogens is 225 g/mol. The fraction of sp³-hybridized carbons (Fsp3) is 0.273. The number of aromatic hydroxyl groups is 1. The van der Waals surface area contributed by atoms with Crippen molar-refractivity contribution in [2.45, 2.75) is 20.0 Å². The summed E-state index contributed by atoms with van der Waals surface area (Å²) in [5.74, 6) is 0.503. The van der Waals surface area contributed by atoms with Gasteiger partial charge in [0.2, 0.25) is 5.89 Å². The van der Waals surface area contributed by atoms with Crippen LogP contribution in [0.5, 0.6) is 5.75 Å². The van der Waals surface area contributed by atoms with Crippen LogP contribution in [0, 0.1) is 12.7 Å². The molecule has 0 saturated carbocycles. The SMILES string of the molecule is Cc1nc(CNCc2cc(O)cc(F)c2)no1. The van der Waals surface area contributed by atoms with Gasteiger partial charge < -0.3 is 14.9 Å². The molecule has 0 amide bonds. The quantitative estimate of drug-likeness (QED) is 0.843. The predicted molar refractivity (Wildman–Crippen MR) is 57.6 cm³/mol. The summed E-state index contributed by atoms with van der Waals surface area (Å²) in [6.45, 7) is 2.55. The molecule has 0 aliphatic heterocycles. The van der Waals surface area contributed by atoms with Crippen molar-refractivity contribution in [1.82, 2.24) is 15.5 Å². The molecule has 0 aliphatic rings. The molecule has 0 radical (unpaired) electrons. The molecule has 0 spiro atoms. The monoisotopic (exact) mass is 237 g/mol. The number of halogens is 1. The van der Waals surface area contributed by atoms with E-state index in [9.17, 15) is 9.50 Å². The van der Waals surface area contributed by atoms with E-state index in [1.165, 1.54) is 12.1 Å². The van der Waals surface area contributed by atoms with Gasteiger partial charge in [0.15, 0.2) is 5.82 Å². The van der Waals surface area contributed by atoms with Crippen molar-refractivity contribution in [3.63, 3.8) is 0 Å². The molecule has 1 aromatic heterocycles. The Morgan fingerprint density at radius 1 is 1.35 bits per heavy atom. The van der Waals surface area contributed by atoms with Crippen LogP contribution in [0.25, 0.3) is 0 Å². The molecule has 0 atom stereocenters. The zero-order valence-corrected chi connectivity index (χ0v) is 9.27. The number of hydrogen-bond donors (Lipinski definition) is 2. The van der Waals surface area contributed by atoms with Crippen LogP contribution in [0.15, 0.2) is 22.7 Å². The second kappa shape index (κ2) is 4.92. The summed E-state index contributed by atoms with van der Waals surface area (Å²) in [7, 11) is 0. The minimum atomic E-state index is -0.461. The van der Waals surface area contributed by atoms with Gasteiger partial charge in [0.1, 0.15) is 11.6 Å². The molecule has 6 heteroatoms. The van der Waals surface area contributed by atoms with Crippen molar-refractivity contribution in [2.75, 3.05) is 0 Å². The molecule has 5 nitrogen and oxygen atoms in total. The highest BCUT2D eigenvalue weighted by Gasteiger charge is 2.03. The topological polar surface area (TPSA) is 71.2 Å². The van der Waals surface area contributed by atoms with E-state index in [1.807, 2.05) is 0 Å². The molecule has 0 unspecified atom stereocenters. The van der Waals surface area contributed by atoms with E-state index in [4.69, 9.17) is 4.52 Å². The molecule has 0 bridgehead atoms. The van der Waals surface area contributed by atoms with Crippen LogP contribution >= 0.6 is 0 Å². The first-order chi connectivity index (χ1) is 8.13. The predicted octanol–water partition coefficient (Wildman–Crippen LogP) is 1.51. The van der Waals surface area contributed by atoms with Crippen molar-refractivity contribution in [1.29, 1.82) is 0 Å². The maximum absolute atomic E-state index is 13.0. The number of hydrogen-bond acceptors (Lipinski definition) is 5. The molecule has 0 fully saturated rings. The number of nitrogens with zero attached hydrogens (tertiary/aromatic N) is 2. The summed E-state index contributed by atoms with van der Waals surface area (Å²) in [6.07, 6.45) is 0. The number of nitrogens with one attached hydrogen (secondary N) is 1. The van der Waals surface area contributed by atoms with Gasteiger partial charge in [-0.15, -0.1) is 0 Å². The standard InChI is InChI=1S/C11H12FN3O2/c1-7-14-11(15-17-7)6-13-5-8-2-9(12)4-10(16)3-8/h2-4,13,16H,5-6H2,1H3. The fourth-order valence-corrected chi connectivity index (χ4v) is 1.47. The van der Waals surface area contributed by atoms with Crippen LogP contribution in [0.4, 0.5) is 4.39 Å². The molecule has 90 valence electrons. The van der Waals surface area contributed by atoms with Crippen LogP contribution in [0.1, 0.15) is 17.3 Å². The molecule has 17 heavy (non-hydrogen) atoms. The number of rotatable bonds is 4. The van der Waals surface area contributed by atoms with Gasteiger partial charge >= 0.3 is 0 Å². The van der Waals surface area contributed by atoms with E-state index in [0.717, 1.165) is 6.07 Å². The average Bonchev–Trinajstić information content (AvgIpc) is 2.63. The Hall–Kier alpha value is -1.95. The van der Waals surface area contributed by atoms with Crippen LogP contribution < -0.4 is 5.32 Å². The first-order valence-electron chi connectivity index (χ1n) is 5.12. The van der Waals surface area contributed by atoms with Crippen LogP contribution in [0.2, 0.25) is 0 Å². The largest absolute Gasteiger partial charge is 0.508 e. The normalized spacial score (nSPS) is 10.7. The van der Waals surface area contributed by atoms with Crippen molar-refractivity contribution >= 4 is 0 Å². The Morgan fingerprint density at radius 3 is 2.82 bits per heavy atom. The summed E-state index contributed by atoms with van der Waals surface area (Å²) in [4.78, 5) is 4.01. The Balaban J connectivity index is 1.89. The first-order valence-corrected chi connectivity index (χ1v) is 5.12. The zero-order chi connectivity index (χ0) is 12.3. The van der Waals surface area contributed by atoms with Crippen molar-refractivity contribution in [3.05, 3.63) is 41.3 Å². The number of benzene rings is 1. The third-order valence-electron chi connectivity index (χ3n) is 2.12. The first kappa shape index (κ1) is 11.5. The molecule has 1 aromatic carbocycles. The summed E-state index contributed by atoms with van der Waals surface area (Å²) in [5.41, 5.74) is 0.655. The van der Waals surface area contributed by atoms with Gasteiger partial charge in [-0.3, -0.25) is 0 Å². The summed E-state index contributed by atoms with van der Waals surface area (Å²) >= 11 is 0. The summed E-state index contributed by atoms with van der Waals surface area (Å²) in [6, 6.07) is 3.91. The van der Waals surface area contributed by atoms with Crippen molar-refractivity contribution < 1.29 is 14.0 Å². The Bertz CT molecular complexity index is 493. The van der Waals surface area contributed by atoms with Gasteiger partial charge in [0.05, 0.1) is 6.54 Å². The lowest BCUT2D eigenvalue weighted by Crippen LogP contribution is -2.13. The smallest absolute Gasteiger partial charge is 0.223 e. The van der Waals surface area contributed by atoms with Crippen molar-refractivity contribution in [2.24, 2.45) is 0 Å². The van der Waals surface area contributed by atoms with Crippen LogP contribution in [-0.2, 0) is 13.1 Å². The van der Waals surface area contributed by atoms with E-state index in [1.54, 1.807) is 6.92 Å². The number of aromatic nitrogens is 2. The molecule has 1 heterocycles. The van der Waals surface area contributed by atoms with Gasteiger partial charge in [0, 0.05) is 19.5 Å². The number of phenolic OH excluding ortho intramolecular Hbond substituents is 1. The van der Waals surface area contributed by atoms with Gasteiger partial charge in [-0.2, -0.15) is 4.98 Å². The van der Waals surface area contributed by atoms with Gasteiger partial charge in [-0.05, 0) is 17.7 Å². The van der Waals surface area contributed by atoms with Gasteiger partial charge in [-0.25, -0.2) is 4.39 Å². The maximum Gasteiger partial charge on any atom is 0.223 e. The summed E-state index contributed by atoms with van der Waals surface area (Å²) in [5, 5.41) is 15.9. The maximum atomic E-state index is 13.0. The lowest BCUT2D eigenvalue weighted by atomic mass is 10.2. The van der Waals surface area contributed by atoms with E-state index in [0.29, 0.717) is 30.4 Å². The third-order valence-corrected chi connectivity index (χ3v) is 2.12. The highest BCUT2D eigenvalue weighted by Crippen LogP contribution is 2.14. The van der Waals surface area contributed by atoms with E-state index >= 15 is 0 Å². The van der Waals surface area contributed by atoms with E-state index in [2.05, 4.69) is 15.5 Å². The molecular formula is C11H12FN3O2. The minimum Gasteiger partial charge on any atom is -0.508 e. The minimum absolute atomic E-state index is 0.0859. The molecule has 2 rings (SSSR count). The highest BCUT2D eigenvalue weighted by atomic mass is 19.1. The average molecular weight is 237 g/mol. The van der Waals surface area contributed by atoms with Crippen LogP contribution in [-0.4, -0.2) is 15.2 Å². The number of phenols is 1. The van der Waals surface area contributed by atoms with Gasteiger partial charge in [-0.1, -0.05) is 5.16 Å². The second-order valence-corrected chi connectivity index (χ2v) is 3.65. The third kappa shape index (κ3) is 3.25. The fourth-order valence-electron chi connectivity index (χ4n) is 1.47. The Morgan fingerprint density at radius 2 is 2.18 bits per heavy atom. The second-order valence-electron chi connectivity index (χ2n) is 3.65. The van der Waals surface area contributed by atoms with Crippen LogP contribution in [0.3, 0.4) is 0 Å². The molecule has 2 N–H and O–H groups in total. The van der Waals surface area contributed by atoms with Crippen molar-refractivity contribution in [3.8, 4) is 5.75 Å². The van der Waals surface area contributed by atoms with E-state index < -0.39 is 5.82 Å². The molecule has 0 aliphatic carbocycles. The van der Waals surface area contributed by atoms with Gasteiger partial charge in [0.25, 0.3) is 0 Å². The zero-order valence-electron chi connectivity index (χ0n) is 9.27. The summed E-state index contributed by atoms with van der Waals surface area (Å²) < 4.78 is 17.8. The lowest BCUT2D eigenvalue weighted by Gasteiger charge is -2.03. The highest BCUT2D eigenvalue weighted by molar-refractivity contribution is 5.28. The Labute approximate surface area is 97.3 Å². The lowest BCUT2D eigenvalue weighted by molar-refractivity contribution is 0.385. The Kier molecular flexibility index (Phi) is 3.34.